The Labute approximate surface area is 114 Å². The lowest BCUT2D eigenvalue weighted by molar-refractivity contribution is -0.0198. The third-order valence-corrected chi connectivity index (χ3v) is 3.83. The van der Waals surface area contributed by atoms with Gasteiger partial charge in [-0.25, -0.2) is 0 Å². The summed E-state index contributed by atoms with van der Waals surface area (Å²) >= 11 is 5.84. The molecular weight excluding hydrogens is 250 g/mol. The van der Waals surface area contributed by atoms with Gasteiger partial charge in [0.2, 0.25) is 0 Å². The van der Waals surface area contributed by atoms with Gasteiger partial charge >= 0.3 is 0 Å². The number of nitrogens with zero attached hydrogens (tertiary/aromatic N) is 3. The van der Waals surface area contributed by atoms with Crippen LogP contribution in [0, 0.1) is 0 Å². The quantitative estimate of drug-likeness (QED) is 0.770. The van der Waals surface area contributed by atoms with E-state index in [1.54, 1.807) is 0 Å². The summed E-state index contributed by atoms with van der Waals surface area (Å²) in [6.07, 6.45) is 3.34. The van der Waals surface area contributed by atoms with Gasteiger partial charge in [-0.2, -0.15) is 5.10 Å². The van der Waals surface area contributed by atoms with Crippen LogP contribution in [-0.4, -0.2) is 46.4 Å². The van der Waals surface area contributed by atoms with Crippen LogP contribution in [0.2, 0.25) is 0 Å². The van der Waals surface area contributed by atoms with Crippen LogP contribution < -0.4 is 0 Å². The number of ether oxygens (including phenoxy) is 1. The zero-order chi connectivity index (χ0) is 13.0. The molecule has 0 saturated carbocycles. The Balaban J connectivity index is 1.90. The Hall–Kier alpha value is -0.580. The summed E-state index contributed by atoms with van der Waals surface area (Å²) in [6.45, 7) is 7.89. The van der Waals surface area contributed by atoms with Gasteiger partial charge in [0.1, 0.15) is 0 Å². The third-order valence-electron chi connectivity index (χ3n) is 3.49. The topological polar surface area (TPSA) is 30.3 Å². The highest BCUT2D eigenvalue weighted by atomic mass is 35.5. The van der Waals surface area contributed by atoms with Gasteiger partial charge in [-0.15, -0.1) is 11.6 Å². The molecule has 2 rings (SSSR count). The van der Waals surface area contributed by atoms with Crippen molar-refractivity contribution in [1.82, 2.24) is 14.7 Å². The van der Waals surface area contributed by atoms with Gasteiger partial charge in [0.25, 0.3) is 0 Å². The second-order valence-corrected chi connectivity index (χ2v) is 5.24. The predicted octanol–water partition coefficient (Wildman–Crippen LogP) is 2.29. The first-order valence-corrected chi connectivity index (χ1v) is 7.20. The second-order valence-electron chi connectivity index (χ2n) is 4.93. The van der Waals surface area contributed by atoms with Crippen molar-refractivity contribution >= 4 is 11.6 Å². The van der Waals surface area contributed by atoms with E-state index in [2.05, 4.69) is 40.8 Å². The van der Waals surface area contributed by atoms with Crippen LogP contribution in [0.5, 0.6) is 0 Å². The Bertz CT molecular complexity index is 369. The van der Waals surface area contributed by atoms with Crippen LogP contribution >= 0.6 is 11.6 Å². The van der Waals surface area contributed by atoms with Crippen molar-refractivity contribution in [3.05, 3.63) is 18.0 Å². The number of aromatic nitrogens is 2. The average molecular weight is 272 g/mol. The molecule has 4 nitrogen and oxygen atoms in total. The SMILES string of the molecule is CCC(C)n1ccc(CN2CCOC(CCl)C2)n1. The molecule has 1 aliphatic heterocycles. The molecule has 0 aromatic carbocycles. The van der Waals surface area contributed by atoms with Gasteiger partial charge in [0.15, 0.2) is 0 Å². The summed E-state index contributed by atoms with van der Waals surface area (Å²) in [5.41, 5.74) is 1.13. The molecule has 0 aliphatic carbocycles. The van der Waals surface area contributed by atoms with Crippen molar-refractivity contribution in [1.29, 1.82) is 0 Å². The van der Waals surface area contributed by atoms with Gasteiger partial charge in [0, 0.05) is 37.8 Å². The first-order chi connectivity index (χ1) is 8.72. The van der Waals surface area contributed by atoms with Gasteiger partial charge in [-0.3, -0.25) is 9.58 Å². The number of morpholine rings is 1. The Kier molecular flexibility index (Phi) is 5.03. The maximum Gasteiger partial charge on any atom is 0.0837 e. The number of halogens is 1. The summed E-state index contributed by atoms with van der Waals surface area (Å²) in [6, 6.07) is 2.58. The smallest absolute Gasteiger partial charge is 0.0837 e. The highest BCUT2D eigenvalue weighted by Gasteiger charge is 2.20. The number of hydrogen-bond acceptors (Lipinski definition) is 3. The second kappa shape index (κ2) is 6.55. The van der Waals surface area contributed by atoms with Crippen molar-refractivity contribution in [3.63, 3.8) is 0 Å². The monoisotopic (exact) mass is 271 g/mol. The van der Waals surface area contributed by atoms with E-state index < -0.39 is 0 Å². The summed E-state index contributed by atoms with van der Waals surface area (Å²) in [7, 11) is 0. The Morgan fingerprint density at radius 1 is 1.61 bits per heavy atom. The van der Waals surface area contributed by atoms with Crippen LogP contribution in [0.25, 0.3) is 0 Å². The fourth-order valence-corrected chi connectivity index (χ4v) is 2.33. The van der Waals surface area contributed by atoms with E-state index in [0.29, 0.717) is 11.9 Å². The number of hydrogen-bond donors (Lipinski definition) is 0. The molecule has 0 amide bonds. The molecule has 1 saturated heterocycles. The number of rotatable bonds is 5. The molecule has 18 heavy (non-hydrogen) atoms. The fraction of sp³-hybridized carbons (Fsp3) is 0.769. The standard InChI is InChI=1S/C13H22ClN3O/c1-3-11(2)17-5-4-12(15-17)9-16-6-7-18-13(8-14)10-16/h4-5,11,13H,3,6-10H2,1-2H3. The summed E-state index contributed by atoms with van der Waals surface area (Å²) < 4.78 is 7.61. The molecule has 0 spiro atoms. The van der Waals surface area contributed by atoms with Gasteiger partial charge in [-0.1, -0.05) is 6.92 Å². The van der Waals surface area contributed by atoms with Crippen molar-refractivity contribution in [2.45, 2.75) is 39.0 Å². The molecule has 1 aliphatic rings. The van der Waals surface area contributed by atoms with Crippen LogP contribution in [0.4, 0.5) is 0 Å². The zero-order valence-electron chi connectivity index (χ0n) is 11.2. The lowest BCUT2D eigenvalue weighted by Gasteiger charge is -2.31. The lowest BCUT2D eigenvalue weighted by Crippen LogP contribution is -2.42. The van der Waals surface area contributed by atoms with E-state index in [4.69, 9.17) is 16.3 Å². The molecule has 0 bridgehead atoms. The highest BCUT2D eigenvalue weighted by Crippen LogP contribution is 2.13. The highest BCUT2D eigenvalue weighted by molar-refractivity contribution is 6.18. The number of alkyl halides is 1. The maximum absolute atomic E-state index is 5.84. The van der Waals surface area contributed by atoms with Crippen LogP contribution in [0.1, 0.15) is 32.0 Å². The van der Waals surface area contributed by atoms with E-state index in [9.17, 15) is 0 Å². The minimum absolute atomic E-state index is 0.164. The predicted molar refractivity (Wildman–Crippen MR) is 73.0 cm³/mol. The Morgan fingerprint density at radius 3 is 3.17 bits per heavy atom. The van der Waals surface area contributed by atoms with E-state index >= 15 is 0 Å². The van der Waals surface area contributed by atoms with Crippen LogP contribution in [0.3, 0.4) is 0 Å². The largest absolute Gasteiger partial charge is 0.374 e. The molecule has 0 radical (unpaired) electrons. The van der Waals surface area contributed by atoms with Crippen molar-refractivity contribution in [2.24, 2.45) is 0 Å². The van der Waals surface area contributed by atoms with Crippen LogP contribution in [0.15, 0.2) is 12.3 Å². The minimum Gasteiger partial charge on any atom is -0.374 e. The summed E-state index contributed by atoms with van der Waals surface area (Å²) in [5, 5.41) is 4.63. The third kappa shape index (κ3) is 3.46. The average Bonchev–Trinajstić information content (AvgIpc) is 2.86. The molecule has 2 unspecified atom stereocenters. The molecule has 1 fully saturated rings. The fourth-order valence-electron chi connectivity index (χ4n) is 2.14. The normalized spacial score (nSPS) is 23.2. The van der Waals surface area contributed by atoms with Gasteiger partial charge < -0.3 is 4.74 Å². The first-order valence-electron chi connectivity index (χ1n) is 6.67. The van der Waals surface area contributed by atoms with Gasteiger partial charge in [0.05, 0.1) is 18.4 Å². The summed E-state index contributed by atoms with van der Waals surface area (Å²) in [5.74, 6) is 0.567. The molecule has 1 aromatic rings. The van der Waals surface area contributed by atoms with E-state index in [-0.39, 0.29) is 6.10 Å². The summed E-state index contributed by atoms with van der Waals surface area (Å²) in [4.78, 5) is 2.36. The van der Waals surface area contributed by atoms with Crippen molar-refractivity contribution in [2.75, 3.05) is 25.6 Å². The molecule has 2 heterocycles. The van der Waals surface area contributed by atoms with E-state index in [1.807, 2.05) is 0 Å². The molecule has 1 aromatic heterocycles. The van der Waals surface area contributed by atoms with Gasteiger partial charge in [-0.05, 0) is 19.4 Å². The van der Waals surface area contributed by atoms with E-state index in [0.717, 1.165) is 38.4 Å². The molecule has 0 N–H and O–H groups in total. The lowest BCUT2D eigenvalue weighted by atomic mass is 10.3. The van der Waals surface area contributed by atoms with Crippen LogP contribution in [-0.2, 0) is 11.3 Å². The molecule has 2 atom stereocenters. The molecule has 102 valence electrons. The molecular formula is C13H22ClN3O. The van der Waals surface area contributed by atoms with Crippen molar-refractivity contribution in [3.8, 4) is 0 Å². The minimum atomic E-state index is 0.164. The maximum atomic E-state index is 5.84. The zero-order valence-corrected chi connectivity index (χ0v) is 11.9. The van der Waals surface area contributed by atoms with E-state index in [1.165, 1.54) is 0 Å². The molecule has 5 heteroatoms. The first kappa shape index (κ1) is 13.8. The Morgan fingerprint density at radius 2 is 2.44 bits per heavy atom. The van der Waals surface area contributed by atoms with Crippen molar-refractivity contribution < 1.29 is 4.74 Å².